The molecule has 2 rings (SSSR count). The number of rotatable bonds is 7. The number of halogens is 1. The zero-order valence-corrected chi connectivity index (χ0v) is 13.5. The van der Waals surface area contributed by atoms with Crippen LogP contribution in [0.5, 0.6) is 0 Å². The average molecular weight is 300 g/mol. The van der Waals surface area contributed by atoms with Crippen LogP contribution in [0.4, 0.5) is 0 Å². The van der Waals surface area contributed by atoms with Crippen LogP contribution in [0.3, 0.4) is 0 Å². The summed E-state index contributed by atoms with van der Waals surface area (Å²) in [4.78, 5) is 0. The van der Waals surface area contributed by atoms with E-state index in [1.165, 1.54) is 0 Å². The van der Waals surface area contributed by atoms with Gasteiger partial charge in [0.25, 0.3) is 0 Å². The zero-order chi connectivity index (χ0) is 14.5. The molecule has 0 bridgehead atoms. The van der Waals surface area contributed by atoms with Gasteiger partial charge in [-0.2, -0.15) is 5.10 Å². The van der Waals surface area contributed by atoms with Crippen LogP contribution in [0.15, 0.2) is 6.20 Å². The summed E-state index contributed by atoms with van der Waals surface area (Å²) in [5.41, 5.74) is 1.13. The molecule has 1 N–H and O–H groups in total. The molecule has 114 valence electrons. The van der Waals surface area contributed by atoms with Gasteiger partial charge in [0, 0.05) is 19.3 Å². The van der Waals surface area contributed by atoms with E-state index in [0.717, 1.165) is 49.7 Å². The van der Waals surface area contributed by atoms with Gasteiger partial charge in [0.2, 0.25) is 0 Å². The van der Waals surface area contributed by atoms with Crippen molar-refractivity contribution in [3.63, 3.8) is 0 Å². The van der Waals surface area contributed by atoms with Crippen molar-refractivity contribution < 1.29 is 4.74 Å². The van der Waals surface area contributed by atoms with Crippen molar-refractivity contribution >= 4 is 11.6 Å². The van der Waals surface area contributed by atoms with E-state index in [0.29, 0.717) is 12.0 Å². The van der Waals surface area contributed by atoms with Gasteiger partial charge in [-0.3, -0.25) is 4.68 Å². The number of nitrogens with one attached hydrogen (secondary N) is 1. The Bertz CT molecular complexity index is 413. The average Bonchev–Trinajstić information content (AvgIpc) is 3.04. The van der Waals surface area contributed by atoms with Crippen LogP contribution < -0.4 is 5.32 Å². The number of aromatic nitrogens is 2. The molecule has 0 saturated carbocycles. The highest BCUT2D eigenvalue weighted by Gasteiger charge is 2.26. The molecule has 0 amide bonds. The third-order valence-corrected chi connectivity index (χ3v) is 4.13. The van der Waals surface area contributed by atoms with E-state index >= 15 is 0 Å². The van der Waals surface area contributed by atoms with E-state index in [1.807, 2.05) is 4.68 Å². The second-order valence-electron chi connectivity index (χ2n) is 5.89. The SMILES string of the molecule is CCCNC(CC1CCOC1)c1c(Cl)cnn1C(C)C. The Hall–Kier alpha value is -0.580. The fourth-order valence-electron chi connectivity index (χ4n) is 2.80. The van der Waals surface area contributed by atoms with E-state index in [2.05, 4.69) is 31.2 Å². The Morgan fingerprint density at radius 1 is 1.55 bits per heavy atom. The monoisotopic (exact) mass is 299 g/mol. The molecule has 1 fully saturated rings. The van der Waals surface area contributed by atoms with Gasteiger partial charge < -0.3 is 10.1 Å². The highest BCUT2D eigenvalue weighted by Crippen LogP contribution is 2.32. The van der Waals surface area contributed by atoms with Gasteiger partial charge in [-0.1, -0.05) is 18.5 Å². The minimum atomic E-state index is 0.263. The number of hydrogen-bond donors (Lipinski definition) is 1. The summed E-state index contributed by atoms with van der Waals surface area (Å²) < 4.78 is 7.55. The quantitative estimate of drug-likeness (QED) is 0.836. The molecular formula is C15H26ClN3O. The molecule has 0 radical (unpaired) electrons. The molecule has 0 spiro atoms. The normalized spacial score (nSPS) is 20.8. The molecule has 0 aliphatic carbocycles. The lowest BCUT2D eigenvalue weighted by atomic mass is 9.96. The molecular weight excluding hydrogens is 274 g/mol. The Balaban J connectivity index is 2.18. The molecule has 1 aromatic heterocycles. The molecule has 4 nitrogen and oxygen atoms in total. The number of nitrogens with zero attached hydrogens (tertiary/aromatic N) is 2. The molecule has 1 aromatic rings. The molecule has 1 saturated heterocycles. The number of ether oxygens (including phenoxy) is 1. The maximum atomic E-state index is 6.39. The molecule has 2 heterocycles. The summed E-state index contributed by atoms with van der Waals surface area (Å²) in [5, 5.41) is 8.84. The van der Waals surface area contributed by atoms with Gasteiger partial charge in [0.05, 0.1) is 23.0 Å². The van der Waals surface area contributed by atoms with Crippen LogP contribution in [0.25, 0.3) is 0 Å². The first kappa shape index (κ1) is 15.8. The Kier molecular flexibility index (Phi) is 5.87. The van der Waals surface area contributed by atoms with Crippen molar-refractivity contribution in [3.05, 3.63) is 16.9 Å². The summed E-state index contributed by atoms with van der Waals surface area (Å²) in [6.07, 6.45) is 5.10. The second-order valence-corrected chi connectivity index (χ2v) is 6.30. The minimum Gasteiger partial charge on any atom is -0.381 e. The van der Waals surface area contributed by atoms with E-state index in [-0.39, 0.29) is 6.04 Å². The van der Waals surface area contributed by atoms with Gasteiger partial charge >= 0.3 is 0 Å². The smallest absolute Gasteiger partial charge is 0.0834 e. The first-order valence-electron chi connectivity index (χ1n) is 7.67. The van der Waals surface area contributed by atoms with E-state index in [9.17, 15) is 0 Å². The third kappa shape index (κ3) is 3.74. The summed E-state index contributed by atoms with van der Waals surface area (Å²) in [7, 11) is 0. The Morgan fingerprint density at radius 2 is 2.35 bits per heavy atom. The van der Waals surface area contributed by atoms with Crippen LogP contribution in [-0.2, 0) is 4.74 Å². The van der Waals surface area contributed by atoms with Gasteiger partial charge in [-0.05, 0) is 45.6 Å². The lowest BCUT2D eigenvalue weighted by Gasteiger charge is -2.24. The standard InChI is InChI=1S/C15H26ClN3O/c1-4-6-17-14(8-12-5-7-20-10-12)15-13(16)9-18-19(15)11(2)3/h9,11-12,14,17H,4-8,10H2,1-3H3. The van der Waals surface area contributed by atoms with Gasteiger partial charge in [0.15, 0.2) is 0 Å². The Labute approximate surface area is 126 Å². The van der Waals surface area contributed by atoms with Crippen molar-refractivity contribution in [3.8, 4) is 0 Å². The summed E-state index contributed by atoms with van der Waals surface area (Å²) in [6.45, 7) is 9.23. The first-order chi connectivity index (χ1) is 9.63. The first-order valence-corrected chi connectivity index (χ1v) is 8.05. The lowest BCUT2D eigenvalue weighted by molar-refractivity contribution is 0.181. The highest BCUT2D eigenvalue weighted by atomic mass is 35.5. The largest absolute Gasteiger partial charge is 0.381 e. The molecule has 2 unspecified atom stereocenters. The maximum Gasteiger partial charge on any atom is 0.0834 e. The van der Waals surface area contributed by atoms with E-state index in [4.69, 9.17) is 16.3 Å². The minimum absolute atomic E-state index is 0.263. The lowest BCUT2D eigenvalue weighted by Crippen LogP contribution is -2.28. The van der Waals surface area contributed by atoms with Crippen LogP contribution in [0.2, 0.25) is 5.02 Å². The Morgan fingerprint density at radius 3 is 2.95 bits per heavy atom. The molecule has 2 atom stereocenters. The predicted molar refractivity (Wildman–Crippen MR) is 82.2 cm³/mol. The topological polar surface area (TPSA) is 39.1 Å². The predicted octanol–water partition coefficient (Wildman–Crippen LogP) is 3.58. The molecule has 1 aliphatic rings. The van der Waals surface area contributed by atoms with Crippen molar-refractivity contribution in [1.29, 1.82) is 0 Å². The maximum absolute atomic E-state index is 6.39. The van der Waals surface area contributed by atoms with Crippen LogP contribution in [0, 0.1) is 5.92 Å². The van der Waals surface area contributed by atoms with E-state index < -0.39 is 0 Å². The fraction of sp³-hybridized carbons (Fsp3) is 0.800. The summed E-state index contributed by atoms with van der Waals surface area (Å²) in [5.74, 6) is 0.621. The van der Waals surface area contributed by atoms with Crippen LogP contribution >= 0.6 is 11.6 Å². The van der Waals surface area contributed by atoms with Gasteiger partial charge in [-0.15, -0.1) is 0 Å². The van der Waals surface area contributed by atoms with Crippen LogP contribution in [0.1, 0.15) is 57.8 Å². The van der Waals surface area contributed by atoms with Crippen molar-refractivity contribution in [2.24, 2.45) is 5.92 Å². The van der Waals surface area contributed by atoms with Gasteiger partial charge in [0.1, 0.15) is 0 Å². The highest BCUT2D eigenvalue weighted by molar-refractivity contribution is 6.31. The van der Waals surface area contributed by atoms with Gasteiger partial charge in [-0.25, -0.2) is 0 Å². The zero-order valence-electron chi connectivity index (χ0n) is 12.7. The summed E-state index contributed by atoms with van der Waals surface area (Å²) in [6, 6.07) is 0.585. The van der Waals surface area contributed by atoms with E-state index in [1.54, 1.807) is 6.20 Å². The van der Waals surface area contributed by atoms with Crippen LogP contribution in [-0.4, -0.2) is 29.5 Å². The van der Waals surface area contributed by atoms with Crippen molar-refractivity contribution in [2.75, 3.05) is 19.8 Å². The van der Waals surface area contributed by atoms with Crippen molar-refractivity contribution in [2.45, 2.75) is 52.1 Å². The molecule has 1 aliphatic heterocycles. The summed E-state index contributed by atoms with van der Waals surface area (Å²) >= 11 is 6.39. The molecule has 20 heavy (non-hydrogen) atoms. The molecule has 5 heteroatoms. The third-order valence-electron chi connectivity index (χ3n) is 3.84. The molecule has 0 aromatic carbocycles. The fourth-order valence-corrected chi connectivity index (χ4v) is 3.06. The van der Waals surface area contributed by atoms with Crippen molar-refractivity contribution in [1.82, 2.24) is 15.1 Å². The number of hydrogen-bond acceptors (Lipinski definition) is 3. The second kappa shape index (κ2) is 7.43.